The first kappa shape index (κ1) is 15.6. The average Bonchev–Trinajstić information content (AvgIpc) is 3.27. The van der Waals surface area contributed by atoms with E-state index < -0.39 is 0 Å². The van der Waals surface area contributed by atoms with E-state index in [9.17, 15) is 4.79 Å². The molecule has 0 unspecified atom stereocenters. The number of aryl methyl sites for hydroxylation is 1. The number of hydrogen-bond acceptors (Lipinski definition) is 5. The van der Waals surface area contributed by atoms with Crippen molar-refractivity contribution in [1.29, 1.82) is 0 Å². The van der Waals surface area contributed by atoms with Gasteiger partial charge in [-0.2, -0.15) is 5.10 Å². The minimum atomic E-state index is -0.0768. The minimum Gasteiger partial charge on any atom is -0.469 e. The molecule has 3 aromatic rings. The molecule has 0 saturated heterocycles. The number of carbonyl (C=O) groups excluding carboxylic acids is 1. The number of nitrogens with zero attached hydrogens (tertiary/aromatic N) is 5. The standard InChI is InChI=1S/C17H20N6O2/c1-11-14(4-7-25-11)17(24)19-13-8-12(9-13)16-21-20-15(22(16)2)10-23-6-3-5-18-23/h3-7,12-13H,8-10H2,1-2H3,(H,19,24). The van der Waals surface area contributed by atoms with Gasteiger partial charge in [-0.25, -0.2) is 0 Å². The van der Waals surface area contributed by atoms with E-state index in [1.807, 2.05) is 28.6 Å². The first-order valence-corrected chi connectivity index (χ1v) is 8.32. The molecule has 25 heavy (non-hydrogen) atoms. The lowest BCUT2D eigenvalue weighted by atomic mass is 9.79. The molecule has 1 N–H and O–H groups in total. The van der Waals surface area contributed by atoms with Crippen molar-refractivity contribution in [1.82, 2.24) is 29.9 Å². The monoisotopic (exact) mass is 340 g/mol. The molecule has 1 amide bonds. The number of aromatic nitrogens is 5. The Morgan fingerprint density at radius 2 is 2.24 bits per heavy atom. The second-order valence-corrected chi connectivity index (χ2v) is 6.47. The van der Waals surface area contributed by atoms with Gasteiger partial charge in [-0.15, -0.1) is 10.2 Å². The molecule has 1 aliphatic rings. The summed E-state index contributed by atoms with van der Waals surface area (Å²) in [6.07, 6.45) is 6.93. The normalized spacial score (nSPS) is 19.6. The molecule has 0 atom stereocenters. The minimum absolute atomic E-state index is 0.0768. The lowest BCUT2D eigenvalue weighted by molar-refractivity contribution is 0.0905. The third-order valence-electron chi connectivity index (χ3n) is 4.80. The van der Waals surface area contributed by atoms with Crippen LogP contribution in [0.15, 0.2) is 35.2 Å². The van der Waals surface area contributed by atoms with Crippen molar-refractivity contribution in [3.8, 4) is 0 Å². The maximum atomic E-state index is 12.2. The van der Waals surface area contributed by atoms with Crippen molar-refractivity contribution < 1.29 is 9.21 Å². The first-order chi connectivity index (χ1) is 12.1. The largest absolute Gasteiger partial charge is 0.469 e. The average molecular weight is 340 g/mol. The van der Waals surface area contributed by atoms with Gasteiger partial charge in [0.25, 0.3) is 5.91 Å². The zero-order valence-corrected chi connectivity index (χ0v) is 14.2. The van der Waals surface area contributed by atoms with E-state index in [-0.39, 0.29) is 11.9 Å². The molecule has 3 aromatic heterocycles. The Morgan fingerprint density at radius 1 is 1.40 bits per heavy atom. The van der Waals surface area contributed by atoms with E-state index in [0.717, 1.165) is 24.5 Å². The van der Waals surface area contributed by atoms with Crippen LogP contribution < -0.4 is 5.32 Å². The number of furan rings is 1. The van der Waals surface area contributed by atoms with Crippen molar-refractivity contribution in [2.75, 3.05) is 0 Å². The predicted molar refractivity (Wildman–Crippen MR) is 89.0 cm³/mol. The van der Waals surface area contributed by atoms with Crippen molar-refractivity contribution in [3.63, 3.8) is 0 Å². The van der Waals surface area contributed by atoms with Crippen LogP contribution in [0.25, 0.3) is 0 Å². The molecule has 0 aromatic carbocycles. The summed E-state index contributed by atoms with van der Waals surface area (Å²) in [5.74, 6) is 2.73. The van der Waals surface area contributed by atoms with Gasteiger partial charge in [0.2, 0.25) is 0 Å². The summed E-state index contributed by atoms with van der Waals surface area (Å²) in [4.78, 5) is 12.2. The molecule has 1 fully saturated rings. The van der Waals surface area contributed by atoms with Crippen molar-refractivity contribution in [2.24, 2.45) is 7.05 Å². The molecule has 3 heterocycles. The number of rotatable bonds is 5. The number of hydrogen-bond donors (Lipinski definition) is 1. The van der Waals surface area contributed by atoms with Gasteiger partial charge < -0.3 is 14.3 Å². The van der Waals surface area contributed by atoms with Crippen LogP contribution in [-0.2, 0) is 13.6 Å². The van der Waals surface area contributed by atoms with Crippen LogP contribution >= 0.6 is 0 Å². The van der Waals surface area contributed by atoms with Crippen LogP contribution in [0, 0.1) is 6.92 Å². The zero-order chi connectivity index (χ0) is 17.4. The molecule has 0 spiro atoms. The Balaban J connectivity index is 1.35. The summed E-state index contributed by atoms with van der Waals surface area (Å²) in [6, 6.07) is 3.75. The highest BCUT2D eigenvalue weighted by Crippen LogP contribution is 2.36. The second kappa shape index (κ2) is 6.19. The number of amides is 1. The highest BCUT2D eigenvalue weighted by atomic mass is 16.3. The number of nitrogens with one attached hydrogen (secondary N) is 1. The maximum absolute atomic E-state index is 12.2. The van der Waals surface area contributed by atoms with Crippen LogP contribution in [0.2, 0.25) is 0 Å². The van der Waals surface area contributed by atoms with Gasteiger partial charge >= 0.3 is 0 Å². The summed E-state index contributed by atoms with van der Waals surface area (Å²) >= 11 is 0. The molecule has 0 bridgehead atoms. The Hall–Kier alpha value is -2.90. The van der Waals surface area contributed by atoms with Crippen LogP contribution in [0.4, 0.5) is 0 Å². The fourth-order valence-corrected chi connectivity index (χ4v) is 3.24. The second-order valence-electron chi connectivity index (χ2n) is 6.47. The Labute approximate surface area is 144 Å². The van der Waals surface area contributed by atoms with E-state index in [4.69, 9.17) is 4.42 Å². The SMILES string of the molecule is Cc1occc1C(=O)NC1CC(c2nnc(Cn3cccn3)n2C)C1. The quantitative estimate of drug-likeness (QED) is 0.762. The van der Waals surface area contributed by atoms with Gasteiger partial charge in [-0.3, -0.25) is 9.48 Å². The van der Waals surface area contributed by atoms with Gasteiger partial charge in [0.15, 0.2) is 5.82 Å². The molecular weight excluding hydrogens is 320 g/mol. The summed E-state index contributed by atoms with van der Waals surface area (Å²) in [7, 11) is 1.98. The molecule has 8 nitrogen and oxygen atoms in total. The van der Waals surface area contributed by atoms with Crippen molar-refractivity contribution in [3.05, 3.63) is 53.8 Å². The summed E-state index contributed by atoms with van der Waals surface area (Å²) in [6.45, 7) is 2.39. The lowest BCUT2D eigenvalue weighted by Gasteiger charge is -2.35. The molecule has 130 valence electrons. The van der Waals surface area contributed by atoms with Gasteiger partial charge in [0.05, 0.1) is 11.8 Å². The van der Waals surface area contributed by atoms with E-state index in [2.05, 4.69) is 20.6 Å². The highest BCUT2D eigenvalue weighted by molar-refractivity contribution is 5.95. The highest BCUT2D eigenvalue weighted by Gasteiger charge is 2.35. The summed E-state index contributed by atoms with van der Waals surface area (Å²) in [5.41, 5.74) is 0.601. The number of carbonyl (C=O) groups is 1. The smallest absolute Gasteiger partial charge is 0.255 e. The Morgan fingerprint density at radius 3 is 2.92 bits per heavy atom. The Bertz CT molecular complexity index is 873. The third-order valence-corrected chi connectivity index (χ3v) is 4.80. The molecule has 4 rings (SSSR count). The first-order valence-electron chi connectivity index (χ1n) is 8.32. The maximum Gasteiger partial charge on any atom is 0.255 e. The third kappa shape index (κ3) is 2.95. The van der Waals surface area contributed by atoms with E-state index in [0.29, 0.717) is 23.8 Å². The van der Waals surface area contributed by atoms with E-state index in [1.165, 1.54) is 6.26 Å². The molecule has 8 heteroatoms. The van der Waals surface area contributed by atoms with Gasteiger partial charge in [0.1, 0.15) is 18.1 Å². The Kier molecular flexibility index (Phi) is 3.87. The molecule has 0 aliphatic heterocycles. The summed E-state index contributed by atoms with van der Waals surface area (Å²) in [5, 5.41) is 15.9. The fraction of sp³-hybridized carbons (Fsp3) is 0.412. The van der Waals surface area contributed by atoms with Gasteiger partial charge in [0, 0.05) is 31.4 Å². The summed E-state index contributed by atoms with van der Waals surface area (Å²) < 4.78 is 9.04. The van der Waals surface area contributed by atoms with Crippen LogP contribution in [0.1, 0.15) is 46.5 Å². The van der Waals surface area contributed by atoms with E-state index >= 15 is 0 Å². The fourth-order valence-electron chi connectivity index (χ4n) is 3.24. The molecule has 1 aliphatic carbocycles. The predicted octanol–water partition coefficient (Wildman–Crippen LogP) is 1.64. The van der Waals surface area contributed by atoms with Crippen LogP contribution in [0.5, 0.6) is 0 Å². The van der Waals surface area contributed by atoms with Crippen molar-refractivity contribution in [2.45, 2.75) is 38.3 Å². The molecular formula is C17H20N6O2. The zero-order valence-electron chi connectivity index (χ0n) is 14.2. The van der Waals surface area contributed by atoms with Crippen LogP contribution in [0.3, 0.4) is 0 Å². The van der Waals surface area contributed by atoms with Gasteiger partial charge in [-0.1, -0.05) is 0 Å². The van der Waals surface area contributed by atoms with E-state index in [1.54, 1.807) is 19.2 Å². The molecule has 0 radical (unpaired) electrons. The van der Waals surface area contributed by atoms with Gasteiger partial charge in [-0.05, 0) is 31.9 Å². The topological polar surface area (TPSA) is 90.8 Å². The molecule has 1 saturated carbocycles. The van der Waals surface area contributed by atoms with Crippen LogP contribution in [-0.4, -0.2) is 36.5 Å². The lowest BCUT2D eigenvalue weighted by Crippen LogP contribution is -2.44. The van der Waals surface area contributed by atoms with Crippen molar-refractivity contribution >= 4 is 5.91 Å².